The summed E-state index contributed by atoms with van der Waals surface area (Å²) in [7, 11) is 2.68. The van der Waals surface area contributed by atoms with Crippen molar-refractivity contribution in [2.24, 2.45) is 0 Å². The first kappa shape index (κ1) is 12.5. The lowest BCUT2D eigenvalue weighted by Crippen LogP contribution is -1.98. The Morgan fingerprint density at radius 2 is 1.94 bits per heavy atom. The van der Waals surface area contributed by atoms with Crippen LogP contribution in [0.15, 0.2) is 12.3 Å². The number of aromatic amines is 1. The molecule has 0 aliphatic rings. The number of benzene rings is 1. The number of nitrogens with two attached hydrogens (primary N) is 1. The van der Waals surface area contributed by atoms with E-state index >= 15 is 0 Å². The highest BCUT2D eigenvalue weighted by molar-refractivity contribution is 6.32. The molecule has 0 aliphatic carbocycles. The minimum atomic E-state index is -0.678. The van der Waals surface area contributed by atoms with Gasteiger partial charge in [-0.05, 0) is 6.07 Å². The van der Waals surface area contributed by atoms with Gasteiger partial charge in [0.1, 0.15) is 5.82 Å². The van der Waals surface area contributed by atoms with E-state index in [1.54, 1.807) is 0 Å². The maximum atomic E-state index is 14.1. The Bertz CT molecular complexity index is 586. The normalized spacial score (nSPS) is 10.4. The smallest absolute Gasteiger partial charge is 0.208 e. The fraction of sp³-hybridized carbons (Fsp3) is 0.182. The fourth-order valence-corrected chi connectivity index (χ4v) is 1.95. The van der Waals surface area contributed by atoms with Gasteiger partial charge in [0.2, 0.25) is 5.82 Å². The van der Waals surface area contributed by atoms with E-state index in [2.05, 4.69) is 10.2 Å². The molecule has 0 spiro atoms. The van der Waals surface area contributed by atoms with Crippen molar-refractivity contribution < 1.29 is 13.9 Å². The Morgan fingerprint density at radius 1 is 1.28 bits per heavy atom. The van der Waals surface area contributed by atoms with Crippen LogP contribution in [0, 0.1) is 5.82 Å². The molecule has 0 unspecified atom stereocenters. The maximum Gasteiger partial charge on any atom is 0.208 e. The zero-order valence-electron chi connectivity index (χ0n) is 9.75. The van der Waals surface area contributed by atoms with Crippen LogP contribution in [-0.4, -0.2) is 24.4 Å². The zero-order chi connectivity index (χ0) is 13.3. The molecule has 1 aromatic carbocycles. The third-order valence-electron chi connectivity index (χ3n) is 2.50. The molecule has 5 nitrogen and oxygen atoms in total. The molecule has 2 aromatic rings. The number of halogens is 2. The van der Waals surface area contributed by atoms with Crippen LogP contribution in [0.4, 0.5) is 10.2 Å². The number of hydrogen-bond donors (Lipinski definition) is 2. The number of ether oxygens (including phenoxy) is 2. The molecule has 1 aromatic heterocycles. The molecule has 2 rings (SSSR count). The molecule has 3 N–H and O–H groups in total. The third kappa shape index (κ3) is 1.84. The predicted molar refractivity (Wildman–Crippen MR) is 66.5 cm³/mol. The van der Waals surface area contributed by atoms with Crippen molar-refractivity contribution in [2.45, 2.75) is 0 Å². The molecule has 0 saturated heterocycles. The molecule has 7 heteroatoms. The second-order valence-corrected chi connectivity index (χ2v) is 3.89. The second kappa shape index (κ2) is 4.73. The number of aromatic nitrogens is 2. The maximum absolute atomic E-state index is 14.1. The molecule has 0 amide bonds. The Labute approximate surface area is 108 Å². The van der Waals surface area contributed by atoms with Crippen LogP contribution in [0.25, 0.3) is 11.1 Å². The van der Waals surface area contributed by atoms with E-state index in [4.69, 9.17) is 26.8 Å². The molecular weight excluding hydrogens is 261 g/mol. The van der Waals surface area contributed by atoms with Crippen LogP contribution in [0.2, 0.25) is 5.02 Å². The van der Waals surface area contributed by atoms with Gasteiger partial charge in [-0.3, -0.25) is 5.10 Å². The summed E-state index contributed by atoms with van der Waals surface area (Å²) in [6.45, 7) is 0. The van der Waals surface area contributed by atoms with Crippen LogP contribution in [-0.2, 0) is 0 Å². The Balaban J connectivity index is 2.72. The number of rotatable bonds is 3. The average Bonchev–Trinajstić information content (AvgIpc) is 2.75. The lowest BCUT2D eigenvalue weighted by Gasteiger charge is -2.13. The summed E-state index contributed by atoms with van der Waals surface area (Å²) in [6, 6.07) is 1.52. The van der Waals surface area contributed by atoms with E-state index in [0.717, 1.165) is 0 Å². The topological polar surface area (TPSA) is 73.2 Å². The SMILES string of the molecule is COc1c(Cl)cc(-c2cn[nH]c2N)c(OC)c1F. The third-order valence-corrected chi connectivity index (χ3v) is 2.78. The number of nitrogens with zero attached hydrogens (tertiary/aromatic N) is 1. The van der Waals surface area contributed by atoms with Crippen LogP contribution in [0.5, 0.6) is 11.5 Å². The highest BCUT2D eigenvalue weighted by atomic mass is 35.5. The predicted octanol–water partition coefficient (Wildman–Crippen LogP) is 2.47. The average molecular weight is 272 g/mol. The summed E-state index contributed by atoms with van der Waals surface area (Å²) in [4.78, 5) is 0. The Hall–Kier alpha value is -1.95. The number of nitrogens with one attached hydrogen (secondary N) is 1. The summed E-state index contributed by atoms with van der Waals surface area (Å²) in [6.07, 6.45) is 1.47. The van der Waals surface area contributed by atoms with Gasteiger partial charge >= 0.3 is 0 Å². The van der Waals surface area contributed by atoms with Crippen molar-refractivity contribution in [3.05, 3.63) is 23.1 Å². The molecule has 0 aliphatic heterocycles. The van der Waals surface area contributed by atoms with Gasteiger partial charge in [-0.25, -0.2) is 0 Å². The van der Waals surface area contributed by atoms with E-state index in [0.29, 0.717) is 16.9 Å². The zero-order valence-corrected chi connectivity index (χ0v) is 10.5. The van der Waals surface area contributed by atoms with Crippen LogP contribution in [0.1, 0.15) is 0 Å². The summed E-state index contributed by atoms with van der Waals surface area (Å²) in [5, 5.41) is 6.47. The van der Waals surface area contributed by atoms with E-state index in [1.807, 2.05) is 0 Å². The van der Waals surface area contributed by atoms with Crippen molar-refractivity contribution in [2.75, 3.05) is 20.0 Å². The minimum Gasteiger partial charge on any atom is -0.493 e. The van der Waals surface area contributed by atoms with Gasteiger partial charge in [-0.2, -0.15) is 9.49 Å². The highest BCUT2D eigenvalue weighted by Crippen LogP contribution is 2.42. The number of hydrogen-bond acceptors (Lipinski definition) is 4. The molecule has 0 fully saturated rings. The highest BCUT2D eigenvalue weighted by Gasteiger charge is 2.21. The Morgan fingerprint density at radius 3 is 2.44 bits per heavy atom. The van der Waals surface area contributed by atoms with Gasteiger partial charge < -0.3 is 15.2 Å². The molecule has 0 radical (unpaired) electrons. The van der Waals surface area contributed by atoms with E-state index in [-0.39, 0.29) is 16.5 Å². The van der Waals surface area contributed by atoms with Gasteiger partial charge in [-0.1, -0.05) is 11.6 Å². The first-order valence-electron chi connectivity index (χ1n) is 4.99. The molecule has 0 saturated carbocycles. The number of methoxy groups -OCH3 is 2. The lowest BCUT2D eigenvalue weighted by atomic mass is 10.1. The minimum absolute atomic E-state index is 0.00403. The van der Waals surface area contributed by atoms with Crippen molar-refractivity contribution in [3.8, 4) is 22.6 Å². The monoisotopic (exact) mass is 271 g/mol. The van der Waals surface area contributed by atoms with Gasteiger partial charge in [0.15, 0.2) is 11.5 Å². The molecule has 0 atom stereocenters. The van der Waals surface area contributed by atoms with Crippen molar-refractivity contribution in [1.82, 2.24) is 10.2 Å². The largest absolute Gasteiger partial charge is 0.493 e. The molecule has 0 bridgehead atoms. The molecular formula is C11H11ClFN3O2. The molecule has 18 heavy (non-hydrogen) atoms. The quantitative estimate of drug-likeness (QED) is 0.899. The van der Waals surface area contributed by atoms with Crippen molar-refractivity contribution >= 4 is 17.4 Å². The van der Waals surface area contributed by atoms with E-state index in [1.165, 1.54) is 26.5 Å². The van der Waals surface area contributed by atoms with Crippen molar-refractivity contribution in [1.29, 1.82) is 0 Å². The van der Waals surface area contributed by atoms with E-state index in [9.17, 15) is 4.39 Å². The number of nitrogen functional groups attached to an aromatic ring is 1. The van der Waals surface area contributed by atoms with Crippen LogP contribution < -0.4 is 15.2 Å². The molecule has 96 valence electrons. The summed E-state index contributed by atoms with van der Waals surface area (Å²) < 4.78 is 24.0. The summed E-state index contributed by atoms with van der Waals surface area (Å²) >= 11 is 5.94. The van der Waals surface area contributed by atoms with Crippen LogP contribution in [0.3, 0.4) is 0 Å². The van der Waals surface area contributed by atoms with Gasteiger partial charge in [0, 0.05) is 11.1 Å². The second-order valence-electron chi connectivity index (χ2n) is 3.48. The fourth-order valence-electron chi connectivity index (χ4n) is 1.68. The van der Waals surface area contributed by atoms with Crippen LogP contribution >= 0.6 is 11.6 Å². The number of anilines is 1. The molecule has 1 heterocycles. The first-order chi connectivity index (χ1) is 8.60. The standard InChI is InChI=1S/C11H11ClFN3O2/c1-17-9-5(6-4-15-16-11(6)14)3-7(12)10(18-2)8(9)13/h3-4H,1-2H3,(H3,14,15,16). The summed E-state index contributed by atoms with van der Waals surface area (Å²) in [5.41, 5.74) is 6.62. The lowest BCUT2D eigenvalue weighted by molar-refractivity contribution is 0.352. The van der Waals surface area contributed by atoms with Crippen molar-refractivity contribution in [3.63, 3.8) is 0 Å². The summed E-state index contributed by atoms with van der Waals surface area (Å²) in [5.74, 6) is -0.444. The Kier molecular flexibility index (Phi) is 3.29. The van der Waals surface area contributed by atoms with E-state index < -0.39 is 5.82 Å². The van der Waals surface area contributed by atoms with Gasteiger partial charge in [-0.15, -0.1) is 0 Å². The first-order valence-corrected chi connectivity index (χ1v) is 5.37. The van der Waals surface area contributed by atoms with Gasteiger partial charge in [0.05, 0.1) is 25.4 Å². The van der Waals surface area contributed by atoms with Gasteiger partial charge in [0.25, 0.3) is 0 Å². The number of H-pyrrole nitrogens is 1.